The van der Waals surface area contributed by atoms with E-state index in [4.69, 9.17) is 0 Å². The molecule has 1 aliphatic rings. The van der Waals surface area contributed by atoms with E-state index in [9.17, 15) is 4.79 Å². The molecule has 6 heteroatoms. The number of amides is 1. The molecule has 0 N–H and O–H groups in total. The summed E-state index contributed by atoms with van der Waals surface area (Å²) in [6, 6.07) is 1.92. The number of aromatic nitrogens is 1. The van der Waals surface area contributed by atoms with E-state index in [2.05, 4.69) is 23.9 Å². The van der Waals surface area contributed by atoms with Gasteiger partial charge in [0.05, 0.1) is 16.8 Å². The number of hydrogen-bond acceptors (Lipinski definition) is 5. The van der Waals surface area contributed by atoms with Crippen LogP contribution in [-0.2, 0) is 6.54 Å². The quantitative estimate of drug-likeness (QED) is 0.842. The summed E-state index contributed by atoms with van der Waals surface area (Å²) in [4.78, 5) is 22.3. The Kier molecular flexibility index (Phi) is 4.90. The summed E-state index contributed by atoms with van der Waals surface area (Å²) < 4.78 is 0. The highest BCUT2D eigenvalue weighted by Crippen LogP contribution is 2.22. The first kappa shape index (κ1) is 15.6. The molecule has 0 aromatic carbocycles. The van der Waals surface area contributed by atoms with Gasteiger partial charge in [0.1, 0.15) is 0 Å². The van der Waals surface area contributed by atoms with Crippen LogP contribution in [0.2, 0.25) is 0 Å². The molecular weight excluding hydrogens is 314 g/mol. The van der Waals surface area contributed by atoms with E-state index in [0.717, 1.165) is 43.9 Å². The highest BCUT2D eigenvalue weighted by molar-refractivity contribution is 7.09. The highest BCUT2D eigenvalue weighted by Gasteiger charge is 2.27. The molecule has 0 saturated carbocycles. The van der Waals surface area contributed by atoms with Gasteiger partial charge in [0.2, 0.25) is 0 Å². The first-order valence-electron chi connectivity index (χ1n) is 7.52. The average Bonchev–Trinajstić information content (AvgIpc) is 3.21. The summed E-state index contributed by atoms with van der Waals surface area (Å²) in [7, 11) is 2.16. The number of thiazole rings is 1. The number of hydrogen-bond donors (Lipinski definition) is 0. The van der Waals surface area contributed by atoms with E-state index < -0.39 is 0 Å². The Balaban J connectivity index is 1.50. The molecule has 0 radical (unpaired) electrons. The average molecular weight is 335 g/mol. The second kappa shape index (κ2) is 6.89. The number of carbonyl (C=O) groups is 1. The Morgan fingerprint density at radius 1 is 1.55 bits per heavy atom. The monoisotopic (exact) mass is 335 g/mol. The van der Waals surface area contributed by atoms with E-state index in [1.54, 1.807) is 22.7 Å². The third-order valence-electron chi connectivity index (χ3n) is 4.17. The van der Waals surface area contributed by atoms with Crippen molar-refractivity contribution in [1.82, 2.24) is 14.8 Å². The number of carbonyl (C=O) groups excluding carboxylic acids is 1. The summed E-state index contributed by atoms with van der Waals surface area (Å²) >= 11 is 3.30. The predicted octanol–water partition coefficient (Wildman–Crippen LogP) is 3.11. The molecule has 4 nitrogen and oxygen atoms in total. The van der Waals surface area contributed by atoms with Gasteiger partial charge in [0.15, 0.2) is 0 Å². The van der Waals surface area contributed by atoms with Crippen LogP contribution in [-0.4, -0.2) is 47.4 Å². The van der Waals surface area contributed by atoms with E-state index >= 15 is 0 Å². The lowest BCUT2D eigenvalue weighted by Crippen LogP contribution is -2.31. The maximum atomic E-state index is 12.4. The molecule has 118 valence electrons. The van der Waals surface area contributed by atoms with Gasteiger partial charge in [-0.05, 0) is 37.8 Å². The van der Waals surface area contributed by atoms with Crippen molar-refractivity contribution in [3.8, 4) is 0 Å². The highest BCUT2D eigenvalue weighted by atomic mass is 32.1. The SMILES string of the molecule is Cc1ncsc1CN(C)C[C@@H]1CCN(C(=O)c2ccsc2)C1. The maximum absolute atomic E-state index is 12.4. The number of aryl methyl sites for hydroxylation is 1. The fraction of sp³-hybridized carbons (Fsp3) is 0.500. The van der Waals surface area contributed by atoms with Gasteiger partial charge >= 0.3 is 0 Å². The topological polar surface area (TPSA) is 36.4 Å². The molecule has 1 atom stereocenters. The molecule has 1 saturated heterocycles. The zero-order valence-electron chi connectivity index (χ0n) is 13.0. The van der Waals surface area contributed by atoms with E-state index in [1.165, 1.54) is 4.88 Å². The zero-order valence-corrected chi connectivity index (χ0v) is 14.6. The minimum Gasteiger partial charge on any atom is -0.338 e. The summed E-state index contributed by atoms with van der Waals surface area (Å²) in [5, 5.41) is 3.90. The molecular formula is C16H21N3OS2. The first-order valence-corrected chi connectivity index (χ1v) is 9.34. The molecule has 2 aromatic rings. The van der Waals surface area contributed by atoms with Gasteiger partial charge in [0, 0.05) is 36.4 Å². The van der Waals surface area contributed by atoms with E-state index in [0.29, 0.717) is 5.92 Å². The molecule has 1 fully saturated rings. The number of thiophene rings is 1. The standard InChI is InChI=1S/C16H21N3OS2/c1-12-15(22-11-17-12)9-18(2)7-13-3-5-19(8-13)16(20)14-4-6-21-10-14/h4,6,10-11,13H,3,5,7-9H2,1-2H3/t13-/m0/s1. The molecule has 0 bridgehead atoms. The van der Waals surface area contributed by atoms with Crippen LogP contribution < -0.4 is 0 Å². The Bertz CT molecular complexity index is 623. The Labute approximate surface area is 139 Å². The number of nitrogens with zero attached hydrogens (tertiary/aromatic N) is 3. The number of rotatable bonds is 5. The molecule has 2 aromatic heterocycles. The van der Waals surface area contributed by atoms with Crippen LogP contribution in [0, 0.1) is 12.8 Å². The predicted molar refractivity (Wildman–Crippen MR) is 91.5 cm³/mol. The molecule has 1 aliphatic heterocycles. The lowest BCUT2D eigenvalue weighted by molar-refractivity contribution is 0.0784. The van der Waals surface area contributed by atoms with Gasteiger partial charge in [-0.1, -0.05) is 0 Å². The Morgan fingerprint density at radius 2 is 2.41 bits per heavy atom. The second-order valence-electron chi connectivity index (χ2n) is 5.98. The third kappa shape index (κ3) is 3.56. The maximum Gasteiger partial charge on any atom is 0.254 e. The van der Waals surface area contributed by atoms with Crippen LogP contribution in [0.1, 0.15) is 27.3 Å². The Hall–Kier alpha value is -1.24. The zero-order chi connectivity index (χ0) is 15.5. The minimum atomic E-state index is 0.185. The molecule has 0 aliphatic carbocycles. The molecule has 22 heavy (non-hydrogen) atoms. The lowest BCUT2D eigenvalue weighted by Gasteiger charge is -2.21. The van der Waals surface area contributed by atoms with Crippen molar-refractivity contribution in [2.75, 3.05) is 26.7 Å². The summed E-state index contributed by atoms with van der Waals surface area (Å²) in [5.41, 5.74) is 3.88. The minimum absolute atomic E-state index is 0.185. The van der Waals surface area contributed by atoms with Crippen LogP contribution in [0.3, 0.4) is 0 Å². The molecule has 1 amide bonds. The van der Waals surface area contributed by atoms with Gasteiger partial charge in [0.25, 0.3) is 5.91 Å². The second-order valence-corrected chi connectivity index (χ2v) is 7.69. The van der Waals surface area contributed by atoms with Gasteiger partial charge in [-0.15, -0.1) is 11.3 Å². The van der Waals surface area contributed by atoms with Crippen molar-refractivity contribution in [1.29, 1.82) is 0 Å². The Morgan fingerprint density at radius 3 is 3.09 bits per heavy atom. The summed E-state index contributed by atoms with van der Waals surface area (Å²) in [6.07, 6.45) is 1.10. The van der Waals surface area contributed by atoms with Gasteiger partial charge in [-0.25, -0.2) is 4.98 Å². The largest absolute Gasteiger partial charge is 0.338 e. The van der Waals surface area contributed by atoms with Crippen molar-refractivity contribution in [2.45, 2.75) is 19.9 Å². The molecule has 0 unspecified atom stereocenters. The molecule has 0 spiro atoms. The van der Waals surface area contributed by atoms with E-state index in [1.807, 2.05) is 27.2 Å². The number of likely N-dealkylation sites (tertiary alicyclic amines) is 1. The van der Waals surface area contributed by atoms with Crippen LogP contribution >= 0.6 is 22.7 Å². The van der Waals surface area contributed by atoms with E-state index in [-0.39, 0.29) is 5.91 Å². The van der Waals surface area contributed by atoms with Crippen LogP contribution in [0.4, 0.5) is 0 Å². The van der Waals surface area contributed by atoms with Gasteiger partial charge in [-0.2, -0.15) is 11.3 Å². The molecule has 3 heterocycles. The first-order chi connectivity index (χ1) is 10.6. The fourth-order valence-corrected chi connectivity index (χ4v) is 4.45. The van der Waals surface area contributed by atoms with Crippen molar-refractivity contribution < 1.29 is 4.79 Å². The normalized spacial score (nSPS) is 18.3. The smallest absolute Gasteiger partial charge is 0.254 e. The van der Waals surface area contributed by atoms with Crippen molar-refractivity contribution in [3.63, 3.8) is 0 Å². The van der Waals surface area contributed by atoms with Crippen molar-refractivity contribution >= 4 is 28.6 Å². The fourth-order valence-electron chi connectivity index (χ4n) is 2.96. The van der Waals surface area contributed by atoms with Crippen LogP contribution in [0.25, 0.3) is 0 Å². The van der Waals surface area contributed by atoms with Gasteiger partial charge in [-0.3, -0.25) is 4.79 Å². The van der Waals surface area contributed by atoms with Crippen molar-refractivity contribution in [3.05, 3.63) is 38.5 Å². The van der Waals surface area contributed by atoms with Crippen LogP contribution in [0.5, 0.6) is 0 Å². The lowest BCUT2D eigenvalue weighted by atomic mass is 10.1. The third-order valence-corrected chi connectivity index (χ3v) is 5.77. The summed E-state index contributed by atoms with van der Waals surface area (Å²) in [6.45, 7) is 5.81. The van der Waals surface area contributed by atoms with Gasteiger partial charge < -0.3 is 9.80 Å². The summed E-state index contributed by atoms with van der Waals surface area (Å²) in [5.74, 6) is 0.755. The molecule has 3 rings (SSSR count). The van der Waals surface area contributed by atoms with Crippen molar-refractivity contribution in [2.24, 2.45) is 5.92 Å². The van der Waals surface area contributed by atoms with Crippen LogP contribution in [0.15, 0.2) is 22.3 Å².